The maximum atomic E-state index is 13.1. The van der Waals surface area contributed by atoms with Gasteiger partial charge in [0.15, 0.2) is 0 Å². The van der Waals surface area contributed by atoms with Gasteiger partial charge >= 0.3 is 0 Å². The van der Waals surface area contributed by atoms with E-state index in [2.05, 4.69) is 53.4 Å². The van der Waals surface area contributed by atoms with Crippen LogP contribution in [0.2, 0.25) is 0 Å². The number of hydrogen-bond donors (Lipinski definition) is 1. The molecule has 5 heteroatoms. The second-order valence-electron chi connectivity index (χ2n) is 8.78. The number of rotatable bonds is 5. The molecule has 2 aliphatic rings. The molecule has 0 radical (unpaired) electrons. The van der Waals surface area contributed by atoms with Gasteiger partial charge in [-0.2, -0.15) is 0 Å². The topological polar surface area (TPSA) is 53.4 Å². The molecule has 168 valence electrons. The van der Waals surface area contributed by atoms with Crippen molar-refractivity contribution in [2.24, 2.45) is 11.8 Å². The number of methoxy groups -OCH3 is 1. The molecule has 0 bridgehead atoms. The third-order valence-corrected chi connectivity index (χ3v) is 8.69. The van der Waals surface area contributed by atoms with Crippen LogP contribution in [0.1, 0.15) is 16.7 Å². The molecule has 0 saturated carbocycles. The van der Waals surface area contributed by atoms with Crippen LogP contribution in [0.25, 0.3) is 0 Å². The number of nitrogens with one attached hydrogen (secondary N) is 1. The Bertz CT molecular complexity index is 1110. The maximum Gasteiger partial charge on any atom is 0.148 e. The summed E-state index contributed by atoms with van der Waals surface area (Å²) in [6.07, 6.45) is 0.495. The van der Waals surface area contributed by atoms with Crippen molar-refractivity contribution in [3.63, 3.8) is 0 Å². The monoisotopic (exact) mass is 456 g/mol. The summed E-state index contributed by atoms with van der Waals surface area (Å²) in [6.45, 7) is 1.31. The standard InChI is InChI=1S/C28H28N2O2S/c1-32-26-15-9-8-10-20(26)16-27(29)30-17-23-24(18-30)28(33-19-25(23)31,21-11-4-2-5-12-21)22-13-6-3-7-14-22/h2-15,23-24,29H,16-19H2,1H3. The summed E-state index contributed by atoms with van der Waals surface area (Å²) in [5.41, 5.74) is 3.47. The molecular weight excluding hydrogens is 428 g/mol. The second-order valence-corrected chi connectivity index (χ2v) is 10.00. The third kappa shape index (κ3) is 3.84. The lowest BCUT2D eigenvalue weighted by Gasteiger charge is -2.44. The number of thioether (sulfide) groups is 1. The molecule has 3 aromatic rings. The molecule has 0 aliphatic carbocycles. The lowest BCUT2D eigenvalue weighted by atomic mass is 9.73. The van der Waals surface area contributed by atoms with Gasteiger partial charge < -0.3 is 9.64 Å². The maximum absolute atomic E-state index is 13.1. The molecule has 2 heterocycles. The fraction of sp³-hybridized carbons (Fsp3) is 0.286. The van der Waals surface area contributed by atoms with Crippen LogP contribution in [-0.4, -0.2) is 42.5 Å². The molecule has 2 unspecified atom stereocenters. The second kappa shape index (κ2) is 9.06. The van der Waals surface area contributed by atoms with Crippen LogP contribution in [0.15, 0.2) is 84.9 Å². The fourth-order valence-electron chi connectivity index (χ4n) is 5.44. The van der Waals surface area contributed by atoms with E-state index in [0.29, 0.717) is 36.9 Å². The summed E-state index contributed by atoms with van der Waals surface area (Å²) in [5, 5.41) is 8.90. The van der Waals surface area contributed by atoms with Gasteiger partial charge in [0.25, 0.3) is 0 Å². The van der Waals surface area contributed by atoms with Gasteiger partial charge in [-0.1, -0.05) is 78.9 Å². The molecule has 0 amide bonds. The van der Waals surface area contributed by atoms with E-state index in [1.54, 1.807) is 18.9 Å². The Kier molecular flexibility index (Phi) is 5.98. The number of carbonyl (C=O) groups excluding carboxylic acids is 1. The Balaban J connectivity index is 1.50. The minimum Gasteiger partial charge on any atom is -0.496 e. The first kappa shape index (κ1) is 21.8. The summed E-state index contributed by atoms with van der Waals surface area (Å²) in [4.78, 5) is 15.2. The van der Waals surface area contributed by atoms with Crippen LogP contribution in [-0.2, 0) is 16.0 Å². The van der Waals surface area contributed by atoms with E-state index in [0.717, 1.165) is 11.3 Å². The SMILES string of the molecule is COc1ccccc1CC(=N)N1CC2C(=O)CSC(c3ccccc3)(c3ccccc3)C2C1. The number of benzene rings is 3. The highest BCUT2D eigenvalue weighted by Gasteiger charge is 2.55. The van der Waals surface area contributed by atoms with E-state index in [9.17, 15) is 4.79 Å². The quantitative estimate of drug-likeness (QED) is 0.433. The number of amidine groups is 1. The summed E-state index contributed by atoms with van der Waals surface area (Å²) < 4.78 is 5.19. The Morgan fingerprint density at radius 3 is 2.21 bits per heavy atom. The highest BCUT2D eigenvalue weighted by Crippen LogP contribution is 2.56. The molecule has 0 spiro atoms. The van der Waals surface area contributed by atoms with Crippen molar-refractivity contribution in [3.8, 4) is 5.75 Å². The van der Waals surface area contributed by atoms with Crippen molar-refractivity contribution in [2.45, 2.75) is 11.2 Å². The van der Waals surface area contributed by atoms with Crippen LogP contribution in [0.3, 0.4) is 0 Å². The zero-order valence-corrected chi connectivity index (χ0v) is 19.6. The average Bonchev–Trinajstić information content (AvgIpc) is 3.33. The minimum atomic E-state index is -0.305. The fourth-order valence-corrected chi connectivity index (χ4v) is 7.08. The number of para-hydroxylation sites is 1. The predicted molar refractivity (Wildman–Crippen MR) is 134 cm³/mol. The first-order valence-corrected chi connectivity index (χ1v) is 12.3. The Hall–Kier alpha value is -3.05. The zero-order valence-electron chi connectivity index (χ0n) is 18.7. The largest absolute Gasteiger partial charge is 0.496 e. The number of carbonyl (C=O) groups is 1. The molecule has 2 atom stereocenters. The Labute approximate surface area is 199 Å². The van der Waals surface area contributed by atoms with Crippen molar-refractivity contribution < 1.29 is 9.53 Å². The first-order valence-electron chi connectivity index (χ1n) is 11.4. The average molecular weight is 457 g/mol. The van der Waals surface area contributed by atoms with E-state index < -0.39 is 0 Å². The number of ketones is 1. The van der Waals surface area contributed by atoms with Gasteiger partial charge in [0.2, 0.25) is 0 Å². The van der Waals surface area contributed by atoms with Gasteiger partial charge in [0.1, 0.15) is 17.4 Å². The summed E-state index contributed by atoms with van der Waals surface area (Å²) >= 11 is 1.76. The number of Topliss-reactive ketones (excluding diaryl/α,β-unsaturated/α-hetero) is 1. The van der Waals surface area contributed by atoms with Crippen molar-refractivity contribution >= 4 is 23.4 Å². The van der Waals surface area contributed by atoms with Crippen LogP contribution in [0, 0.1) is 17.2 Å². The smallest absolute Gasteiger partial charge is 0.148 e. The number of ether oxygens (including phenoxy) is 1. The highest BCUT2D eigenvalue weighted by molar-refractivity contribution is 8.01. The molecule has 5 rings (SSSR count). The van der Waals surface area contributed by atoms with Gasteiger partial charge in [-0.05, 0) is 17.2 Å². The van der Waals surface area contributed by atoms with Crippen LogP contribution >= 0.6 is 11.8 Å². The summed E-state index contributed by atoms with van der Waals surface area (Å²) in [5.74, 6) is 2.17. The molecule has 2 fully saturated rings. The molecule has 1 N–H and O–H groups in total. The van der Waals surface area contributed by atoms with Crippen molar-refractivity contribution in [1.82, 2.24) is 4.90 Å². The Morgan fingerprint density at radius 1 is 0.970 bits per heavy atom. The van der Waals surface area contributed by atoms with E-state index in [1.807, 2.05) is 36.4 Å². The summed E-state index contributed by atoms with van der Waals surface area (Å²) in [7, 11) is 1.66. The first-order chi connectivity index (χ1) is 16.1. The van der Waals surface area contributed by atoms with E-state index in [4.69, 9.17) is 10.1 Å². The van der Waals surface area contributed by atoms with Crippen LogP contribution in [0.4, 0.5) is 0 Å². The number of hydrogen-bond acceptors (Lipinski definition) is 4. The van der Waals surface area contributed by atoms with Gasteiger partial charge in [0, 0.05) is 36.9 Å². The van der Waals surface area contributed by atoms with Gasteiger partial charge in [-0.3, -0.25) is 10.2 Å². The van der Waals surface area contributed by atoms with E-state index in [1.165, 1.54) is 11.1 Å². The van der Waals surface area contributed by atoms with Gasteiger partial charge in [-0.15, -0.1) is 11.8 Å². The lowest BCUT2D eigenvalue weighted by molar-refractivity contribution is -0.121. The summed E-state index contributed by atoms with van der Waals surface area (Å²) in [6, 6.07) is 29.1. The lowest BCUT2D eigenvalue weighted by Crippen LogP contribution is -2.45. The molecule has 2 aliphatic heterocycles. The highest BCUT2D eigenvalue weighted by atomic mass is 32.2. The van der Waals surface area contributed by atoms with Crippen molar-refractivity contribution in [2.75, 3.05) is 26.0 Å². The molecule has 33 heavy (non-hydrogen) atoms. The van der Waals surface area contributed by atoms with Crippen molar-refractivity contribution in [3.05, 3.63) is 102 Å². The minimum absolute atomic E-state index is 0.0790. The van der Waals surface area contributed by atoms with E-state index in [-0.39, 0.29) is 16.6 Å². The molecular formula is C28H28N2O2S. The molecule has 0 aromatic heterocycles. The number of nitrogens with zero attached hydrogens (tertiary/aromatic N) is 1. The zero-order chi connectivity index (χ0) is 22.8. The molecule has 4 nitrogen and oxygen atoms in total. The molecule has 3 aromatic carbocycles. The van der Waals surface area contributed by atoms with Crippen LogP contribution < -0.4 is 4.74 Å². The normalized spacial score (nSPS) is 21.5. The third-order valence-electron chi connectivity index (χ3n) is 7.04. The van der Waals surface area contributed by atoms with Gasteiger partial charge in [-0.25, -0.2) is 0 Å². The number of likely N-dealkylation sites (tertiary alicyclic amines) is 1. The predicted octanol–water partition coefficient (Wildman–Crippen LogP) is 5.02. The Morgan fingerprint density at radius 2 is 1.58 bits per heavy atom. The molecule has 2 saturated heterocycles. The number of fused-ring (bicyclic) bond motifs is 1. The van der Waals surface area contributed by atoms with Crippen molar-refractivity contribution in [1.29, 1.82) is 5.41 Å². The van der Waals surface area contributed by atoms with E-state index >= 15 is 0 Å². The van der Waals surface area contributed by atoms with Gasteiger partial charge in [0.05, 0.1) is 17.6 Å². The van der Waals surface area contributed by atoms with Crippen LogP contribution in [0.5, 0.6) is 5.75 Å².